The Kier molecular flexibility index (Phi) is 2.81. The Bertz CT molecular complexity index is 445. The van der Waals surface area contributed by atoms with Gasteiger partial charge in [-0.15, -0.1) is 0 Å². The lowest BCUT2D eigenvalue weighted by Crippen LogP contribution is -2.15. The van der Waals surface area contributed by atoms with Gasteiger partial charge in [-0.25, -0.2) is 22.3 Å². The molecule has 78 valence electrons. The Morgan fingerprint density at radius 1 is 1.43 bits per heavy atom. The zero-order valence-electron chi connectivity index (χ0n) is 7.24. The summed E-state index contributed by atoms with van der Waals surface area (Å²) >= 11 is 0. The molecule has 0 aliphatic carbocycles. The highest BCUT2D eigenvalue weighted by Gasteiger charge is 2.18. The molecule has 14 heavy (non-hydrogen) atoms. The Hall–Kier alpha value is -1.08. The van der Waals surface area contributed by atoms with Crippen LogP contribution in [0.4, 0.5) is 8.78 Å². The molecule has 0 radical (unpaired) electrons. The van der Waals surface area contributed by atoms with Crippen LogP contribution in [0.25, 0.3) is 0 Å². The molecule has 0 aliphatic heterocycles. The van der Waals surface area contributed by atoms with Crippen LogP contribution in [-0.4, -0.2) is 13.4 Å². The van der Waals surface area contributed by atoms with E-state index in [-0.39, 0.29) is 10.5 Å². The summed E-state index contributed by atoms with van der Waals surface area (Å²) in [7, 11) is -3.99. The van der Waals surface area contributed by atoms with E-state index in [4.69, 9.17) is 5.14 Å². The van der Waals surface area contributed by atoms with E-state index < -0.39 is 22.0 Å². The van der Waals surface area contributed by atoms with Gasteiger partial charge < -0.3 is 0 Å². The number of hydrogen-bond acceptors (Lipinski definition) is 3. The van der Waals surface area contributed by atoms with E-state index in [9.17, 15) is 17.2 Å². The number of aromatic nitrogens is 1. The molecule has 0 bridgehead atoms. The van der Waals surface area contributed by atoms with Gasteiger partial charge in [0.2, 0.25) is 10.0 Å². The molecule has 0 spiro atoms. The van der Waals surface area contributed by atoms with Crippen LogP contribution < -0.4 is 5.14 Å². The maximum Gasteiger partial charge on any atom is 0.265 e. The number of nitrogens with two attached hydrogens (primary N) is 1. The van der Waals surface area contributed by atoms with Crippen LogP contribution in [0.15, 0.2) is 17.3 Å². The second-order valence-corrected chi connectivity index (χ2v) is 4.23. The molecular weight excluding hydrogens is 214 g/mol. The van der Waals surface area contributed by atoms with Crippen LogP contribution in [-0.2, 0) is 10.0 Å². The van der Waals surface area contributed by atoms with Gasteiger partial charge >= 0.3 is 0 Å². The summed E-state index contributed by atoms with van der Waals surface area (Å²) in [6.45, 7) is 1.27. The monoisotopic (exact) mass is 222 g/mol. The summed E-state index contributed by atoms with van der Waals surface area (Å²) in [6.07, 6.45) is -0.880. The first-order valence-electron chi connectivity index (χ1n) is 3.59. The Labute approximate surface area is 79.8 Å². The van der Waals surface area contributed by atoms with Gasteiger partial charge in [0.05, 0.1) is 0 Å². The molecule has 0 fully saturated rings. The maximum atomic E-state index is 12.3. The summed E-state index contributed by atoms with van der Waals surface area (Å²) < 4.78 is 46.5. The van der Waals surface area contributed by atoms with Crippen molar-refractivity contribution in [1.29, 1.82) is 0 Å². The number of rotatable bonds is 2. The third kappa shape index (κ3) is 2.05. The predicted octanol–water partition coefficient (Wildman–Crippen LogP) is 0.975. The summed E-state index contributed by atoms with van der Waals surface area (Å²) in [4.78, 5) is 3.03. The Morgan fingerprint density at radius 3 is 2.43 bits per heavy atom. The van der Waals surface area contributed by atoms with Crippen molar-refractivity contribution < 1.29 is 17.2 Å². The normalized spacial score (nSPS) is 12.1. The second-order valence-electron chi connectivity index (χ2n) is 2.70. The second kappa shape index (κ2) is 3.58. The van der Waals surface area contributed by atoms with Gasteiger partial charge in [0.25, 0.3) is 6.43 Å². The lowest BCUT2D eigenvalue weighted by molar-refractivity contribution is 0.150. The van der Waals surface area contributed by atoms with Crippen LogP contribution in [0, 0.1) is 6.92 Å². The summed E-state index contributed by atoms with van der Waals surface area (Å²) in [5.74, 6) is 0. The minimum atomic E-state index is -3.99. The lowest BCUT2D eigenvalue weighted by Gasteiger charge is -2.07. The fraction of sp³-hybridized carbons (Fsp3) is 0.286. The fourth-order valence-corrected chi connectivity index (χ4v) is 1.78. The van der Waals surface area contributed by atoms with Crippen molar-refractivity contribution in [3.63, 3.8) is 0 Å². The van der Waals surface area contributed by atoms with E-state index in [1.165, 1.54) is 6.92 Å². The quantitative estimate of drug-likeness (QED) is 0.810. The lowest BCUT2D eigenvalue weighted by atomic mass is 10.2. The van der Waals surface area contributed by atoms with Crippen LogP contribution >= 0.6 is 0 Å². The number of alkyl halides is 2. The van der Waals surface area contributed by atoms with E-state index in [0.29, 0.717) is 0 Å². The third-order valence-corrected chi connectivity index (χ3v) is 2.77. The topological polar surface area (TPSA) is 73.0 Å². The molecule has 7 heteroatoms. The van der Waals surface area contributed by atoms with Gasteiger partial charge in [0, 0.05) is 18.0 Å². The van der Waals surface area contributed by atoms with Crippen molar-refractivity contribution in [3.05, 3.63) is 23.5 Å². The number of pyridine rings is 1. The highest BCUT2D eigenvalue weighted by molar-refractivity contribution is 7.89. The van der Waals surface area contributed by atoms with Gasteiger partial charge in [0.1, 0.15) is 4.90 Å². The van der Waals surface area contributed by atoms with Crippen molar-refractivity contribution in [2.45, 2.75) is 18.2 Å². The van der Waals surface area contributed by atoms with Gasteiger partial charge in [-0.1, -0.05) is 0 Å². The first-order valence-corrected chi connectivity index (χ1v) is 5.14. The van der Waals surface area contributed by atoms with Crippen molar-refractivity contribution in [2.75, 3.05) is 0 Å². The molecule has 0 aromatic carbocycles. The molecule has 1 aromatic rings. The molecule has 1 heterocycles. The van der Waals surface area contributed by atoms with Crippen molar-refractivity contribution in [2.24, 2.45) is 5.14 Å². The largest absolute Gasteiger partial charge is 0.265 e. The minimum Gasteiger partial charge on any atom is -0.263 e. The van der Waals surface area contributed by atoms with Crippen molar-refractivity contribution >= 4 is 10.0 Å². The van der Waals surface area contributed by atoms with E-state index in [0.717, 1.165) is 12.4 Å². The number of hydrogen-bond donors (Lipinski definition) is 1. The number of nitrogens with zero attached hydrogens (tertiary/aromatic N) is 1. The molecule has 0 atom stereocenters. The van der Waals surface area contributed by atoms with Crippen LogP contribution in [0.1, 0.15) is 17.6 Å². The maximum absolute atomic E-state index is 12.3. The molecule has 0 amide bonds. The first-order chi connectivity index (χ1) is 6.34. The molecule has 2 N–H and O–H groups in total. The smallest absolute Gasteiger partial charge is 0.263 e. The Balaban J connectivity index is 3.43. The average Bonchev–Trinajstić information content (AvgIpc) is 2.01. The highest BCUT2D eigenvalue weighted by Crippen LogP contribution is 2.25. The van der Waals surface area contributed by atoms with Crippen molar-refractivity contribution in [3.8, 4) is 0 Å². The molecule has 0 aliphatic rings. The zero-order valence-corrected chi connectivity index (χ0v) is 8.05. The Morgan fingerprint density at radius 2 is 2.00 bits per heavy atom. The third-order valence-electron chi connectivity index (χ3n) is 1.75. The van der Waals surface area contributed by atoms with Gasteiger partial charge in [-0.3, -0.25) is 4.98 Å². The predicted molar refractivity (Wildman–Crippen MR) is 45.3 cm³/mol. The average molecular weight is 222 g/mol. The van der Waals surface area contributed by atoms with Gasteiger partial charge in [-0.05, 0) is 12.5 Å². The summed E-state index contributed by atoms with van der Waals surface area (Å²) in [5, 5.41) is 4.81. The first kappa shape index (κ1) is 11.0. The van der Waals surface area contributed by atoms with Crippen LogP contribution in [0.3, 0.4) is 0 Å². The van der Waals surface area contributed by atoms with E-state index in [2.05, 4.69) is 4.98 Å². The fourth-order valence-electron chi connectivity index (χ4n) is 1.03. The zero-order chi connectivity index (χ0) is 10.9. The molecule has 0 saturated heterocycles. The van der Waals surface area contributed by atoms with Crippen LogP contribution in [0.5, 0.6) is 0 Å². The molecule has 0 unspecified atom stereocenters. The SMILES string of the molecule is Cc1c(C(F)F)cncc1S(N)(=O)=O. The van der Waals surface area contributed by atoms with Crippen LogP contribution in [0.2, 0.25) is 0 Å². The van der Waals surface area contributed by atoms with E-state index in [1.54, 1.807) is 0 Å². The molecule has 1 aromatic heterocycles. The summed E-state index contributed by atoms with van der Waals surface area (Å²) in [5.41, 5.74) is -0.478. The van der Waals surface area contributed by atoms with Gasteiger partial charge in [0.15, 0.2) is 0 Å². The van der Waals surface area contributed by atoms with Gasteiger partial charge in [-0.2, -0.15) is 0 Å². The minimum absolute atomic E-state index is 0.0579. The standard InChI is InChI=1S/C7H8F2N2O2S/c1-4-5(7(8)9)2-11-3-6(4)14(10,12)13/h2-3,7H,1H3,(H2,10,12,13). The molecule has 4 nitrogen and oxygen atoms in total. The van der Waals surface area contributed by atoms with E-state index in [1.807, 2.05) is 0 Å². The van der Waals surface area contributed by atoms with E-state index >= 15 is 0 Å². The number of sulfonamides is 1. The number of primary sulfonamides is 1. The summed E-state index contributed by atoms with van der Waals surface area (Å²) in [6, 6.07) is 0. The highest BCUT2D eigenvalue weighted by atomic mass is 32.2. The molecule has 0 saturated carbocycles. The molecular formula is C7H8F2N2O2S. The number of halogens is 2. The molecule has 1 rings (SSSR count). The van der Waals surface area contributed by atoms with Crippen molar-refractivity contribution in [1.82, 2.24) is 4.98 Å².